The predicted octanol–water partition coefficient (Wildman–Crippen LogP) is 10.6. The fourth-order valence-corrected chi connectivity index (χ4v) is 4.91. The van der Waals surface area contributed by atoms with Crippen LogP contribution in [0.15, 0.2) is 12.1 Å². The van der Waals surface area contributed by atoms with Crippen LogP contribution in [0.3, 0.4) is 0 Å². The Bertz CT molecular complexity index is 492. The molecule has 0 aliphatic rings. The van der Waals surface area contributed by atoms with Gasteiger partial charge in [-0.3, -0.25) is 0 Å². The molecule has 0 saturated heterocycles. The average Bonchev–Trinajstić information content (AvgIpc) is 2.78. The highest BCUT2D eigenvalue weighted by molar-refractivity contribution is 5.40. The van der Waals surface area contributed by atoms with Crippen molar-refractivity contribution in [2.24, 2.45) is 0 Å². The van der Waals surface area contributed by atoms with Gasteiger partial charge >= 0.3 is 0 Å². The number of rotatable bonds is 21. The minimum atomic E-state index is 1.28. The van der Waals surface area contributed by atoms with Crippen molar-refractivity contribution in [3.63, 3.8) is 0 Å². The summed E-state index contributed by atoms with van der Waals surface area (Å²) in [4.78, 5) is 0. The normalized spacial score (nSPS) is 11.4. The highest BCUT2D eigenvalue weighted by atomic mass is 14.2. The van der Waals surface area contributed by atoms with Crippen LogP contribution < -0.4 is 0 Å². The Morgan fingerprint density at radius 3 is 1.19 bits per heavy atom. The van der Waals surface area contributed by atoms with Gasteiger partial charge in [0.15, 0.2) is 0 Å². The first-order chi connectivity index (χ1) is 15.3. The molecule has 1 aromatic rings. The van der Waals surface area contributed by atoms with Crippen molar-refractivity contribution < 1.29 is 0 Å². The SMILES string of the molecule is CCCCCCCc1cc(CCCC)cc(CCCCCCC)c1CCCCCCC. The molecule has 0 nitrogen and oxygen atoms in total. The maximum absolute atomic E-state index is 2.62. The molecule has 0 spiro atoms. The third kappa shape index (κ3) is 13.4. The van der Waals surface area contributed by atoms with E-state index in [-0.39, 0.29) is 0 Å². The topological polar surface area (TPSA) is 0 Å². The third-order valence-electron chi connectivity index (χ3n) is 6.94. The van der Waals surface area contributed by atoms with E-state index in [0.29, 0.717) is 0 Å². The van der Waals surface area contributed by atoms with E-state index in [9.17, 15) is 0 Å². The highest BCUT2D eigenvalue weighted by Gasteiger charge is 2.12. The molecule has 0 amide bonds. The quantitative estimate of drug-likeness (QED) is 0.171. The maximum atomic E-state index is 2.62. The second-order valence-corrected chi connectivity index (χ2v) is 9.99. The lowest BCUT2D eigenvalue weighted by Crippen LogP contribution is -2.05. The molecule has 0 fully saturated rings. The van der Waals surface area contributed by atoms with E-state index in [1.54, 1.807) is 22.3 Å². The molecule has 0 aliphatic heterocycles. The summed E-state index contributed by atoms with van der Waals surface area (Å²) in [5.74, 6) is 0. The fraction of sp³-hybridized carbons (Fsp3) is 0.806. The number of aryl methyl sites for hydroxylation is 3. The van der Waals surface area contributed by atoms with Gasteiger partial charge in [0.05, 0.1) is 0 Å². The molecular formula is C31H56. The molecule has 0 radical (unpaired) electrons. The van der Waals surface area contributed by atoms with E-state index in [2.05, 4.69) is 39.8 Å². The number of hydrogen-bond acceptors (Lipinski definition) is 0. The van der Waals surface area contributed by atoms with E-state index in [4.69, 9.17) is 0 Å². The first-order valence-electron chi connectivity index (χ1n) is 14.4. The van der Waals surface area contributed by atoms with Gasteiger partial charge < -0.3 is 0 Å². The Balaban J connectivity index is 2.91. The van der Waals surface area contributed by atoms with E-state index < -0.39 is 0 Å². The smallest absolute Gasteiger partial charge is 0.0273 e. The Morgan fingerprint density at radius 1 is 0.387 bits per heavy atom. The molecule has 0 N–H and O–H groups in total. The molecule has 0 aromatic heterocycles. The van der Waals surface area contributed by atoms with Gasteiger partial charge in [-0.2, -0.15) is 0 Å². The lowest BCUT2D eigenvalue weighted by molar-refractivity contribution is 0.612. The molecule has 0 heteroatoms. The largest absolute Gasteiger partial charge is 0.0654 e. The number of benzene rings is 1. The van der Waals surface area contributed by atoms with E-state index in [0.717, 1.165) is 0 Å². The molecule has 0 aliphatic carbocycles. The van der Waals surface area contributed by atoms with Crippen LogP contribution in [0.2, 0.25) is 0 Å². The molecular weight excluding hydrogens is 372 g/mol. The van der Waals surface area contributed by atoms with Gasteiger partial charge in [-0.15, -0.1) is 0 Å². The van der Waals surface area contributed by atoms with Crippen molar-refractivity contribution in [3.05, 3.63) is 34.4 Å². The van der Waals surface area contributed by atoms with Crippen LogP contribution in [0.4, 0.5) is 0 Å². The van der Waals surface area contributed by atoms with Crippen molar-refractivity contribution in [3.8, 4) is 0 Å². The van der Waals surface area contributed by atoms with Crippen molar-refractivity contribution in [1.29, 1.82) is 0 Å². The summed E-state index contributed by atoms with van der Waals surface area (Å²) in [6.07, 6.45) is 28.8. The van der Waals surface area contributed by atoms with Crippen molar-refractivity contribution in [2.45, 2.75) is 163 Å². The van der Waals surface area contributed by atoms with Crippen molar-refractivity contribution in [1.82, 2.24) is 0 Å². The monoisotopic (exact) mass is 428 g/mol. The van der Waals surface area contributed by atoms with Crippen LogP contribution in [0.25, 0.3) is 0 Å². The summed E-state index contributed by atoms with van der Waals surface area (Å²) in [6.45, 7) is 9.29. The van der Waals surface area contributed by atoms with E-state index >= 15 is 0 Å². The van der Waals surface area contributed by atoms with Gasteiger partial charge in [-0.1, -0.05) is 123 Å². The molecule has 0 unspecified atom stereocenters. The third-order valence-corrected chi connectivity index (χ3v) is 6.94. The minimum absolute atomic E-state index is 1.28. The molecule has 31 heavy (non-hydrogen) atoms. The van der Waals surface area contributed by atoms with Gasteiger partial charge in [0.25, 0.3) is 0 Å². The molecule has 0 saturated carbocycles. The summed E-state index contributed by atoms with van der Waals surface area (Å²) >= 11 is 0. The Kier molecular flexibility index (Phi) is 18.1. The molecule has 1 aromatic carbocycles. The summed E-state index contributed by atoms with van der Waals surface area (Å²) < 4.78 is 0. The highest BCUT2D eigenvalue weighted by Crippen LogP contribution is 2.26. The molecule has 0 atom stereocenters. The maximum Gasteiger partial charge on any atom is -0.0273 e. The Morgan fingerprint density at radius 2 is 0.774 bits per heavy atom. The summed E-state index contributed by atoms with van der Waals surface area (Å²) in [6, 6.07) is 5.24. The summed E-state index contributed by atoms with van der Waals surface area (Å²) in [5.41, 5.74) is 6.85. The number of unbranched alkanes of at least 4 members (excludes halogenated alkanes) is 13. The van der Waals surface area contributed by atoms with Crippen molar-refractivity contribution >= 4 is 0 Å². The van der Waals surface area contributed by atoms with E-state index in [1.807, 2.05) is 0 Å². The van der Waals surface area contributed by atoms with Gasteiger partial charge in [-0.05, 0) is 73.6 Å². The van der Waals surface area contributed by atoms with Crippen LogP contribution in [0, 0.1) is 0 Å². The molecule has 0 heterocycles. The molecule has 0 bridgehead atoms. The van der Waals surface area contributed by atoms with Crippen LogP contribution in [0.5, 0.6) is 0 Å². The van der Waals surface area contributed by atoms with Crippen LogP contribution in [-0.4, -0.2) is 0 Å². The minimum Gasteiger partial charge on any atom is -0.0654 e. The van der Waals surface area contributed by atoms with Gasteiger partial charge in [-0.25, -0.2) is 0 Å². The van der Waals surface area contributed by atoms with Crippen LogP contribution >= 0.6 is 0 Å². The van der Waals surface area contributed by atoms with Gasteiger partial charge in [0.1, 0.15) is 0 Å². The average molecular weight is 429 g/mol. The second kappa shape index (κ2) is 19.9. The predicted molar refractivity (Wildman–Crippen MR) is 142 cm³/mol. The van der Waals surface area contributed by atoms with Gasteiger partial charge in [0, 0.05) is 0 Å². The lowest BCUT2D eigenvalue weighted by atomic mass is 9.87. The fourth-order valence-electron chi connectivity index (χ4n) is 4.91. The Hall–Kier alpha value is -0.780. The zero-order chi connectivity index (χ0) is 22.6. The van der Waals surface area contributed by atoms with Crippen molar-refractivity contribution in [2.75, 3.05) is 0 Å². The zero-order valence-corrected chi connectivity index (χ0v) is 22.0. The first kappa shape index (κ1) is 28.3. The lowest BCUT2D eigenvalue weighted by Gasteiger charge is -2.18. The van der Waals surface area contributed by atoms with Crippen LogP contribution in [-0.2, 0) is 25.7 Å². The summed E-state index contributed by atoms with van der Waals surface area (Å²) in [5, 5.41) is 0. The standard InChI is InChI=1S/C31H56/c1-5-9-13-16-19-23-29-26-28(22-12-8-4)27-30(24-20-17-14-10-6-2)31(29)25-21-18-15-11-7-3/h26-27H,5-25H2,1-4H3. The second-order valence-electron chi connectivity index (χ2n) is 9.99. The Labute approximate surface area is 197 Å². The number of hydrogen-bond donors (Lipinski definition) is 0. The first-order valence-corrected chi connectivity index (χ1v) is 14.4. The van der Waals surface area contributed by atoms with Gasteiger partial charge in [0.2, 0.25) is 0 Å². The van der Waals surface area contributed by atoms with E-state index in [1.165, 1.54) is 135 Å². The zero-order valence-electron chi connectivity index (χ0n) is 22.0. The molecule has 180 valence electrons. The van der Waals surface area contributed by atoms with Crippen LogP contribution in [0.1, 0.15) is 159 Å². The molecule has 1 rings (SSSR count). The summed E-state index contributed by atoms with van der Waals surface area (Å²) in [7, 11) is 0.